The summed E-state index contributed by atoms with van der Waals surface area (Å²) in [5.74, 6) is 0. The van der Waals surface area contributed by atoms with Crippen molar-refractivity contribution in [2.24, 2.45) is 14.1 Å². The molecular weight excluding hydrogens is 372 g/mol. The average Bonchev–Trinajstić information content (AvgIpc) is 3.14. The second-order valence-electron chi connectivity index (χ2n) is 7.00. The van der Waals surface area contributed by atoms with Crippen molar-refractivity contribution < 1.29 is 4.42 Å². The van der Waals surface area contributed by atoms with Gasteiger partial charge in [0.05, 0.1) is 12.9 Å². The van der Waals surface area contributed by atoms with Crippen molar-refractivity contribution in [1.82, 2.24) is 18.7 Å². The highest BCUT2D eigenvalue weighted by Crippen LogP contribution is 2.27. The lowest BCUT2D eigenvalue weighted by atomic mass is 10.0. The Morgan fingerprint density at radius 3 is 2.59 bits per heavy atom. The van der Waals surface area contributed by atoms with Gasteiger partial charge in [0.1, 0.15) is 11.2 Å². The average molecular weight is 388 g/mol. The third-order valence-electron chi connectivity index (χ3n) is 5.27. The zero-order valence-electron chi connectivity index (χ0n) is 15.7. The Morgan fingerprint density at radius 1 is 0.966 bits per heavy atom. The lowest BCUT2D eigenvalue weighted by molar-refractivity contribution is 0.561. The van der Waals surface area contributed by atoms with Crippen LogP contribution in [-0.2, 0) is 20.6 Å². The summed E-state index contributed by atoms with van der Waals surface area (Å²) in [6.45, 7) is 0.261. The van der Waals surface area contributed by atoms with Crippen LogP contribution < -0.4 is 16.9 Å². The molecule has 0 spiro atoms. The Morgan fingerprint density at radius 2 is 1.76 bits per heavy atom. The fraction of sp³-hybridized carbons (Fsp3) is 0.143. The van der Waals surface area contributed by atoms with Gasteiger partial charge < -0.3 is 8.98 Å². The molecule has 3 heterocycles. The van der Waals surface area contributed by atoms with Gasteiger partial charge >= 0.3 is 11.3 Å². The Hall–Kier alpha value is -3.94. The summed E-state index contributed by atoms with van der Waals surface area (Å²) in [4.78, 5) is 41.2. The highest BCUT2D eigenvalue weighted by molar-refractivity contribution is 6.04. The van der Waals surface area contributed by atoms with Crippen LogP contribution in [0.25, 0.3) is 32.9 Å². The van der Waals surface area contributed by atoms with Crippen molar-refractivity contribution in [3.05, 3.63) is 85.6 Å². The third-order valence-corrected chi connectivity index (χ3v) is 5.27. The molecule has 8 nitrogen and oxygen atoms in total. The topological polar surface area (TPSA) is 92.0 Å². The van der Waals surface area contributed by atoms with Crippen LogP contribution in [0.1, 0.15) is 5.56 Å². The van der Waals surface area contributed by atoms with E-state index in [2.05, 4.69) is 4.98 Å². The van der Waals surface area contributed by atoms with E-state index in [4.69, 9.17) is 4.42 Å². The minimum Gasteiger partial charge on any atom is -0.422 e. The highest BCUT2D eigenvalue weighted by atomic mass is 16.4. The number of aryl methyl sites for hydroxylation is 1. The first-order valence-corrected chi connectivity index (χ1v) is 9.01. The number of hydrogen-bond acceptors (Lipinski definition) is 5. The Kier molecular flexibility index (Phi) is 3.57. The maximum atomic E-state index is 12.4. The lowest BCUT2D eigenvalue weighted by Crippen LogP contribution is -2.37. The predicted molar refractivity (Wildman–Crippen MR) is 109 cm³/mol. The van der Waals surface area contributed by atoms with Crippen LogP contribution in [0.4, 0.5) is 0 Å². The maximum absolute atomic E-state index is 12.4. The molecule has 0 N–H and O–H groups in total. The first kappa shape index (κ1) is 17.2. The van der Waals surface area contributed by atoms with Crippen molar-refractivity contribution >= 4 is 32.9 Å². The minimum atomic E-state index is -0.460. The maximum Gasteiger partial charge on any atom is 0.336 e. The first-order chi connectivity index (χ1) is 14.0. The molecule has 5 rings (SSSR count). The van der Waals surface area contributed by atoms with Gasteiger partial charge in [0.2, 0.25) is 0 Å². The molecule has 2 aromatic carbocycles. The zero-order chi connectivity index (χ0) is 20.3. The third kappa shape index (κ3) is 2.46. The summed E-state index contributed by atoms with van der Waals surface area (Å²) in [5, 5.41) is 2.61. The Labute approximate surface area is 162 Å². The largest absolute Gasteiger partial charge is 0.422 e. The lowest BCUT2D eigenvalue weighted by Gasteiger charge is -2.11. The smallest absolute Gasteiger partial charge is 0.336 e. The van der Waals surface area contributed by atoms with E-state index in [1.807, 2.05) is 36.4 Å². The number of fused-ring (bicyclic) bond motifs is 4. The van der Waals surface area contributed by atoms with E-state index in [0.717, 1.165) is 26.3 Å². The summed E-state index contributed by atoms with van der Waals surface area (Å²) in [6, 6.07) is 13.0. The van der Waals surface area contributed by atoms with Crippen LogP contribution in [0.5, 0.6) is 0 Å². The van der Waals surface area contributed by atoms with E-state index < -0.39 is 16.9 Å². The standard InChI is InChI=1S/C21H16N4O4/c1-23-19-17(20(27)24(2)21(23)28)22-11-25(19)10-13-9-16(26)29-18-14-6-4-3-5-12(14)7-8-15(13)18/h3-9,11H,10H2,1-2H3. The van der Waals surface area contributed by atoms with Crippen molar-refractivity contribution in [1.29, 1.82) is 0 Å². The van der Waals surface area contributed by atoms with E-state index in [1.54, 1.807) is 11.6 Å². The highest BCUT2D eigenvalue weighted by Gasteiger charge is 2.16. The van der Waals surface area contributed by atoms with Gasteiger partial charge in [-0.05, 0) is 10.9 Å². The summed E-state index contributed by atoms with van der Waals surface area (Å²) in [5.41, 5.74) is 0.484. The van der Waals surface area contributed by atoms with Crippen LogP contribution in [0, 0.1) is 0 Å². The van der Waals surface area contributed by atoms with E-state index in [-0.39, 0.29) is 12.1 Å². The number of hydrogen-bond donors (Lipinski definition) is 0. The molecule has 0 saturated heterocycles. The number of benzene rings is 2. The molecule has 0 radical (unpaired) electrons. The molecule has 3 aromatic heterocycles. The second-order valence-corrected chi connectivity index (χ2v) is 7.00. The molecule has 0 bridgehead atoms. The van der Waals surface area contributed by atoms with E-state index >= 15 is 0 Å². The molecular formula is C21H16N4O4. The predicted octanol–water partition coefficient (Wildman–Crippen LogP) is 1.74. The van der Waals surface area contributed by atoms with Crippen LogP contribution in [0.2, 0.25) is 0 Å². The molecule has 0 saturated carbocycles. The second kappa shape index (κ2) is 6.03. The van der Waals surface area contributed by atoms with E-state index in [1.165, 1.54) is 24.0 Å². The molecule has 0 atom stereocenters. The molecule has 0 amide bonds. The molecule has 8 heteroatoms. The van der Waals surface area contributed by atoms with Crippen LogP contribution >= 0.6 is 0 Å². The fourth-order valence-corrected chi connectivity index (χ4v) is 3.83. The van der Waals surface area contributed by atoms with Crippen LogP contribution in [0.15, 0.2) is 67.6 Å². The van der Waals surface area contributed by atoms with Crippen molar-refractivity contribution in [3.63, 3.8) is 0 Å². The molecule has 0 aliphatic carbocycles. The number of nitrogens with zero attached hydrogens (tertiary/aromatic N) is 4. The van der Waals surface area contributed by atoms with Gasteiger partial charge in [0.15, 0.2) is 5.52 Å². The summed E-state index contributed by atoms with van der Waals surface area (Å²) in [6.07, 6.45) is 1.51. The quantitative estimate of drug-likeness (QED) is 0.339. The van der Waals surface area contributed by atoms with Crippen molar-refractivity contribution in [2.45, 2.75) is 6.54 Å². The van der Waals surface area contributed by atoms with E-state index in [0.29, 0.717) is 11.2 Å². The molecule has 144 valence electrons. The van der Waals surface area contributed by atoms with Crippen molar-refractivity contribution in [3.8, 4) is 0 Å². The molecule has 0 unspecified atom stereocenters. The van der Waals surface area contributed by atoms with Gasteiger partial charge in [0.25, 0.3) is 5.56 Å². The summed E-state index contributed by atoms with van der Waals surface area (Å²) in [7, 11) is 3.01. The van der Waals surface area contributed by atoms with Crippen LogP contribution in [-0.4, -0.2) is 18.7 Å². The normalized spacial score (nSPS) is 11.7. The molecule has 0 aliphatic rings. The van der Waals surface area contributed by atoms with E-state index in [9.17, 15) is 14.4 Å². The number of imidazole rings is 1. The Bertz CT molecular complexity index is 1620. The van der Waals surface area contributed by atoms with Gasteiger partial charge in [-0.2, -0.15) is 0 Å². The summed E-state index contributed by atoms with van der Waals surface area (Å²) >= 11 is 0. The first-order valence-electron chi connectivity index (χ1n) is 9.01. The van der Waals surface area contributed by atoms with Gasteiger partial charge in [-0.15, -0.1) is 0 Å². The number of aromatic nitrogens is 4. The van der Waals surface area contributed by atoms with Crippen LogP contribution in [0.3, 0.4) is 0 Å². The SMILES string of the molecule is Cn1c(=O)c2ncn(Cc3cc(=O)oc4c3ccc3ccccc34)c2n(C)c1=O. The molecule has 0 aliphatic heterocycles. The molecule has 5 aromatic rings. The van der Waals surface area contributed by atoms with Crippen molar-refractivity contribution in [2.75, 3.05) is 0 Å². The summed E-state index contributed by atoms with van der Waals surface area (Å²) < 4.78 is 9.61. The van der Waals surface area contributed by atoms with Gasteiger partial charge in [-0.25, -0.2) is 14.6 Å². The Balaban J connectivity index is 1.78. The molecule has 0 fully saturated rings. The fourth-order valence-electron chi connectivity index (χ4n) is 3.83. The van der Waals surface area contributed by atoms with Gasteiger partial charge in [0, 0.05) is 30.9 Å². The van der Waals surface area contributed by atoms with Gasteiger partial charge in [-0.3, -0.25) is 13.9 Å². The zero-order valence-corrected chi connectivity index (χ0v) is 15.7. The number of rotatable bonds is 2. The monoisotopic (exact) mass is 388 g/mol. The van der Waals surface area contributed by atoms with Gasteiger partial charge in [-0.1, -0.05) is 36.4 Å². The minimum absolute atomic E-state index is 0.201. The molecule has 29 heavy (non-hydrogen) atoms.